The topological polar surface area (TPSA) is 850 Å². The van der Waals surface area contributed by atoms with Crippen LogP contribution >= 0.6 is 0 Å². The lowest BCUT2D eigenvalue weighted by molar-refractivity contribution is -0.139. The number of aromatic amines is 1. The van der Waals surface area contributed by atoms with Gasteiger partial charge in [0, 0.05) is 43.4 Å². The Morgan fingerprint density at radius 2 is 0.887 bits per heavy atom. The zero-order chi connectivity index (χ0) is 113. The molecule has 0 fully saturated rings. The Morgan fingerprint density at radius 1 is 0.467 bits per heavy atom. The van der Waals surface area contributed by atoms with Gasteiger partial charge in [-0.3, -0.25) is 135 Å². The minimum absolute atomic E-state index is 0.00337. The van der Waals surface area contributed by atoms with Crippen LogP contribution in [0.2, 0.25) is 0 Å². The highest BCUT2D eigenvalue weighted by atomic mass is 16.2. The van der Waals surface area contributed by atoms with Crippen molar-refractivity contribution in [3.8, 4) is 0 Å². The first-order valence-corrected chi connectivity index (χ1v) is 49.3. The predicted molar refractivity (Wildman–Crippen MR) is 541 cm³/mol. The number of aldehydes is 10. The van der Waals surface area contributed by atoms with Gasteiger partial charge in [0.05, 0.1) is 72.5 Å². The number of benzene rings is 1. The number of carbonyl (C=O) groups is 26. The van der Waals surface area contributed by atoms with E-state index < -0.39 is 289 Å². The molecule has 2 heterocycles. The smallest absolute Gasteiger partial charge is 0.259 e. The second-order valence-corrected chi connectivity index (χ2v) is 37.5. The molecule has 150 heavy (non-hydrogen) atoms. The number of Topliss-reactive ketones (excluding diaryl/α,β-unsaturated/α-hetero) is 1. The molecular formula is C95H151N29O26. The Hall–Kier alpha value is -14.2. The number of hydrogen-bond donors (Lipinski definition) is 29. The zero-order valence-corrected chi connectivity index (χ0v) is 86.7. The summed E-state index contributed by atoms with van der Waals surface area (Å²) >= 11 is 0. The quantitative estimate of drug-likeness (QED) is 0.00730. The number of rotatable bonds is 67. The van der Waals surface area contributed by atoms with Crippen molar-refractivity contribution in [2.45, 2.75) is 333 Å². The van der Waals surface area contributed by atoms with Crippen LogP contribution in [-0.2, 0) is 131 Å². The van der Waals surface area contributed by atoms with Crippen LogP contribution in [0.5, 0.6) is 0 Å². The van der Waals surface area contributed by atoms with Gasteiger partial charge in [-0.25, -0.2) is 0 Å². The molecule has 1 aliphatic heterocycles. The van der Waals surface area contributed by atoms with Gasteiger partial charge in [-0.15, -0.1) is 0 Å². The fourth-order valence-electron chi connectivity index (χ4n) is 15.0. The number of nitrogens with one attached hydrogen (secondary N) is 26. The van der Waals surface area contributed by atoms with E-state index in [9.17, 15) is 86.3 Å². The van der Waals surface area contributed by atoms with Gasteiger partial charge in [0.1, 0.15) is 68.4 Å². The van der Waals surface area contributed by atoms with E-state index in [1.807, 2.05) is 0 Å². The number of aromatic nitrogens is 1. The van der Waals surface area contributed by atoms with Crippen LogP contribution in [0.3, 0.4) is 0 Å². The normalized spacial score (nSPS) is 20.3. The van der Waals surface area contributed by atoms with Crippen molar-refractivity contribution >= 4 is 174 Å². The van der Waals surface area contributed by atoms with Crippen LogP contribution in [-0.4, -0.2) is 314 Å². The molecule has 55 heteroatoms. The van der Waals surface area contributed by atoms with Gasteiger partial charge in [0.2, 0.25) is 29.5 Å². The monoisotopic (exact) mass is 2110 g/mol. The lowest BCUT2D eigenvalue weighted by Crippen LogP contribution is -2.71. The summed E-state index contributed by atoms with van der Waals surface area (Å²) in [5, 5.41) is 68.0. The molecule has 0 radical (unpaired) electrons. The number of allylic oxidation sites excluding steroid dienone is 2. The van der Waals surface area contributed by atoms with E-state index in [4.69, 9.17) is 22.6 Å². The van der Waals surface area contributed by atoms with Crippen molar-refractivity contribution < 1.29 is 125 Å². The maximum Gasteiger partial charge on any atom is 0.259 e. The van der Waals surface area contributed by atoms with Crippen molar-refractivity contribution in [3.63, 3.8) is 0 Å². The van der Waals surface area contributed by atoms with Crippen LogP contribution in [0.4, 0.5) is 0 Å². The van der Waals surface area contributed by atoms with Crippen LogP contribution < -0.4 is 145 Å². The molecule has 0 saturated heterocycles. The van der Waals surface area contributed by atoms with E-state index in [0.717, 1.165) is 13.8 Å². The van der Waals surface area contributed by atoms with Crippen LogP contribution in [0, 0.1) is 29.1 Å². The Balaban J connectivity index is 2.40. The fourth-order valence-corrected chi connectivity index (χ4v) is 15.0. The Morgan fingerprint density at radius 3 is 1.31 bits per heavy atom. The average molecular weight is 2120 g/mol. The van der Waals surface area contributed by atoms with Gasteiger partial charge < -0.3 is 145 Å². The SMILES string of the molecule is CC[C@@H](C)[C@H](C=O)N[C@@H](NC(C)=O)C(=O)N[C@@H](N[C@@H](C=O)Cc1c[nH]c2ccccc12)C(=O)N[C@H](N[C@@H](C=O)[C@H](C)CC)C(=O)N[C@@H](N[C@@H](C)C=O)C(=O)N[C@@H](N[C@@H](C=O)CCC(N)=O)C(=O)N[C@@H](N[C@@H](C)C=O)C(=O)N[C@H](N[C@@H](C=O)CC(C)C)C(=O)N[C@H](N[C@@H](C=O)CCCNC(=N)N)C(=O)N[C@@]1(C)CCC/C=C\CCC[C@@](C)(C(C)=O)NC(=O)[C@H](N[C@@H](C=O)CC(N)=O)NC(=O)CNC(=O)[C@H](N[C@@H](C=O)[C@H](C)CC)NC1=O. The first kappa shape index (κ1) is 130. The lowest BCUT2D eigenvalue weighted by atomic mass is 9.90. The van der Waals surface area contributed by atoms with Crippen LogP contribution in [0.1, 0.15) is 199 Å². The van der Waals surface area contributed by atoms with Gasteiger partial charge in [-0.05, 0) is 141 Å². The number of ketones is 1. The molecular weight excluding hydrogens is 1960 g/mol. The number of nitrogens with two attached hydrogens (primary N) is 3. The molecule has 0 saturated carbocycles. The number of primary amides is 2. The van der Waals surface area contributed by atoms with Crippen molar-refractivity contribution in [1.82, 2.24) is 133 Å². The van der Waals surface area contributed by atoms with E-state index in [-0.39, 0.29) is 102 Å². The molecule has 15 amide bonds. The van der Waals surface area contributed by atoms with E-state index in [1.54, 1.807) is 98.0 Å². The second kappa shape index (κ2) is 67.0. The Kier molecular flexibility index (Phi) is 58.0. The summed E-state index contributed by atoms with van der Waals surface area (Å²) in [6.45, 7) is 19.2. The molecule has 0 unspecified atom stereocenters. The highest BCUT2D eigenvalue weighted by Gasteiger charge is 2.45. The third-order valence-electron chi connectivity index (χ3n) is 24.6. The largest absolute Gasteiger partial charge is 0.370 e. The highest BCUT2D eigenvalue weighted by molar-refractivity contribution is 6.02. The van der Waals surface area contributed by atoms with Gasteiger partial charge in [-0.2, -0.15) is 0 Å². The first-order chi connectivity index (χ1) is 70.9. The summed E-state index contributed by atoms with van der Waals surface area (Å²) in [5.74, 6) is -22.3. The number of amides is 15. The number of guanidine groups is 1. The summed E-state index contributed by atoms with van der Waals surface area (Å²) in [5.41, 5.74) is 13.6. The molecule has 25 atom stereocenters. The fraction of sp³-hybridized carbons (Fsp3) is 0.611. The summed E-state index contributed by atoms with van der Waals surface area (Å²) < 4.78 is 0. The number of para-hydroxylation sites is 1. The third kappa shape index (κ3) is 45.5. The summed E-state index contributed by atoms with van der Waals surface area (Å²) in [4.78, 5) is 362. The second-order valence-electron chi connectivity index (χ2n) is 37.5. The number of H-pyrrole nitrogens is 1. The minimum Gasteiger partial charge on any atom is -0.370 e. The summed E-state index contributed by atoms with van der Waals surface area (Å²) in [6, 6.07) is -7.33. The van der Waals surface area contributed by atoms with E-state index >= 15 is 38.4 Å². The molecule has 832 valence electrons. The minimum atomic E-state index is -2.43. The molecule has 0 bridgehead atoms. The Bertz CT molecular complexity index is 4990. The van der Waals surface area contributed by atoms with Crippen molar-refractivity contribution in [2.24, 2.45) is 40.9 Å². The third-order valence-corrected chi connectivity index (χ3v) is 24.6. The molecule has 1 aliphatic rings. The van der Waals surface area contributed by atoms with Gasteiger partial charge in [0.25, 0.3) is 59.1 Å². The molecule has 0 aliphatic carbocycles. The Labute approximate surface area is 867 Å². The van der Waals surface area contributed by atoms with Crippen molar-refractivity contribution in [3.05, 3.63) is 48.2 Å². The van der Waals surface area contributed by atoms with E-state index in [1.165, 1.54) is 27.7 Å². The van der Waals surface area contributed by atoms with Crippen molar-refractivity contribution in [1.29, 1.82) is 5.41 Å². The number of fused-ring (bicyclic) bond motifs is 1. The first-order valence-electron chi connectivity index (χ1n) is 49.3. The summed E-state index contributed by atoms with van der Waals surface area (Å²) in [6.07, 6.45) is -15.2. The highest BCUT2D eigenvalue weighted by Crippen LogP contribution is 2.23. The van der Waals surface area contributed by atoms with Crippen molar-refractivity contribution in [2.75, 3.05) is 13.1 Å². The van der Waals surface area contributed by atoms with Gasteiger partial charge >= 0.3 is 0 Å². The molecule has 1 aromatic carbocycles. The number of carbonyl (C=O) groups excluding carboxylic acids is 26. The van der Waals surface area contributed by atoms with E-state index in [2.05, 4.69) is 133 Å². The maximum atomic E-state index is 15.6. The van der Waals surface area contributed by atoms with Crippen LogP contribution in [0.15, 0.2) is 42.6 Å². The predicted octanol–water partition coefficient (Wildman–Crippen LogP) is -9.28. The van der Waals surface area contributed by atoms with Gasteiger partial charge in [-0.1, -0.05) is 105 Å². The molecule has 3 rings (SSSR count). The standard InChI is InChI=1S/C95H151N29O26/c1-15-51(6)66(47-132)111-72-82(140)102-39-71(139)114-80(110-63(46-131)37-70(97)138)90(148)123-94(13,56(11)135)32-24-20-18-19-21-25-33-95(14,92(150)122-72)124-91(149)81(106-59(42-127)27-26-34-100-93(98)99)121-88(146)77(108-61(44-129)35-50(4)5)118-84(142)73(103-54(9)40-125)115-86(144)76(107-60(43-128)30-31-69(96)137)117-83(141)74(104-55(10)41-126)116-89(147)79(113-68(49-134)53(8)17-3)120-87(145)78(109-62(45-130)36-58-38-101-65-29-23-22-28-64(58)65)119-85(143)75(105-57(12)136)112-67(48-133)52(7)16-2/h18-19,22-23,28-29,38,40-55,59-63,66-68,72-81,101,103-104,106-113H,15-17,20-21,24-27,30-37,39H2,1-14H3,(H2,96,137)(H2,97,138)(H,102,140)(H,105,136)(H,114,139)(H,115,144)(H,116,147)(H,117,141)(H,118,142)(H,119,143)(H,120,145)(H,121,146)(H,122,150)(H,123,148)(H,124,149)(H4,98,99,100)/b19-18-/t51-,52-,53-,54+,55+,59-,60-,61-,62-,63-,66+,67+,68+,72-,73-,74-,75-,76-,77+,78-,79+,80-,81+,94+,95+/m1/s1. The molecule has 2 aromatic rings. The lowest BCUT2D eigenvalue weighted by Gasteiger charge is -2.35. The number of hydrogen-bond acceptors (Lipinski definition) is 37. The summed E-state index contributed by atoms with van der Waals surface area (Å²) in [7, 11) is 0. The zero-order valence-electron chi connectivity index (χ0n) is 86.7. The molecule has 55 nitrogen and oxygen atoms in total. The molecule has 32 N–H and O–H groups in total. The van der Waals surface area contributed by atoms with E-state index in [0.29, 0.717) is 60.6 Å². The maximum absolute atomic E-state index is 15.6. The average Bonchev–Trinajstić information content (AvgIpc) is 1.69. The molecule has 0 spiro atoms. The van der Waals surface area contributed by atoms with Gasteiger partial charge in [0.15, 0.2) is 73.4 Å². The molecule has 1 aromatic heterocycles. The van der Waals surface area contributed by atoms with Crippen LogP contribution in [0.25, 0.3) is 10.9 Å².